The third kappa shape index (κ3) is 4.25. The number of nitrogens with one attached hydrogen (secondary N) is 1. The van der Waals surface area contributed by atoms with Crippen molar-refractivity contribution in [3.05, 3.63) is 23.0 Å². The molecule has 5 heteroatoms. The SMILES string of the molecule is Cc1ncc(CO)c(CNCCCC(C)O)c1O. The van der Waals surface area contributed by atoms with Crippen molar-refractivity contribution in [2.75, 3.05) is 6.54 Å². The third-order valence-corrected chi connectivity index (χ3v) is 2.88. The Morgan fingerprint density at radius 1 is 1.44 bits per heavy atom. The predicted octanol–water partition coefficient (Wildman–Crippen LogP) is 0.839. The summed E-state index contributed by atoms with van der Waals surface area (Å²) in [5.74, 6) is 0.143. The molecule has 0 spiro atoms. The molecule has 0 radical (unpaired) electrons. The van der Waals surface area contributed by atoms with Crippen LogP contribution in [0.15, 0.2) is 6.20 Å². The number of hydrogen-bond acceptors (Lipinski definition) is 5. The molecule has 0 aliphatic carbocycles. The van der Waals surface area contributed by atoms with Crippen LogP contribution in [0, 0.1) is 6.92 Å². The largest absolute Gasteiger partial charge is 0.506 e. The first-order valence-electron chi connectivity index (χ1n) is 6.22. The molecule has 0 aliphatic rings. The summed E-state index contributed by atoms with van der Waals surface area (Å²) in [4.78, 5) is 4.01. The lowest BCUT2D eigenvalue weighted by Gasteiger charge is -2.12. The molecule has 1 unspecified atom stereocenters. The number of aromatic hydroxyl groups is 1. The third-order valence-electron chi connectivity index (χ3n) is 2.88. The molecule has 0 saturated carbocycles. The molecule has 1 atom stereocenters. The van der Waals surface area contributed by atoms with Crippen LogP contribution >= 0.6 is 0 Å². The first kappa shape index (κ1) is 14.9. The van der Waals surface area contributed by atoms with Gasteiger partial charge in [0.25, 0.3) is 0 Å². The van der Waals surface area contributed by atoms with E-state index in [1.54, 1.807) is 20.0 Å². The number of aliphatic hydroxyl groups excluding tert-OH is 2. The summed E-state index contributed by atoms with van der Waals surface area (Å²) in [6, 6.07) is 0. The van der Waals surface area contributed by atoms with Gasteiger partial charge in [0.15, 0.2) is 0 Å². The minimum absolute atomic E-state index is 0.133. The molecule has 102 valence electrons. The number of nitrogens with zero attached hydrogens (tertiary/aromatic N) is 1. The zero-order chi connectivity index (χ0) is 13.5. The van der Waals surface area contributed by atoms with Crippen LogP contribution in [0.25, 0.3) is 0 Å². The predicted molar refractivity (Wildman–Crippen MR) is 69.2 cm³/mol. The second-order valence-corrected chi connectivity index (χ2v) is 4.52. The van der Waals surface area contributed by atoms with Gasteiger partial charge in [0.2, 0.25) is 0 Å². The fourth-order valence-electron chi connectivity index (χ4n) is 1.75. The smallest absolute Gasteiger partial charge is 0.141 e. The Labute approximate surface area is 108 Å². The Bertz CT molecular complexity index is 381. The van der Waals surface area contributed by atoms with Crippen LogP contribution in [-0.2, 0) is 13.2 Å². The van der Waals surface area contributed by atoms with Crippen molar-refractivity contribution in [3.63, 3.8) is 0 Å². The zero-order valence-corrected chi connectivity index (χ0v) is 11.0. The molecule has 4 N–H and O–H groups in total. The van der Waals surface area contributed by atoms with E-state index in [-0.39, 0.29) is 18.5 Å². The standard InChI is InChI=1S/C13H22N2O3/c1-9(17)4-3-5-14-7-12-11(8-16)6-15-10(2)13(12)18/h6,9,14,16-18H,3-5,7-8H2,1-2H3. The minimum Gasteiger partial charge on any atom is -0.506 e. The summed E-state index contributed by atoms with van der Waals surface area (Å²) < 4.78 is 0. The maximum atomic E-state index is 9.90. The van der Waals surface area contributed by atoms with E-state index in [0.717, 1.165) is 19.4 Å². The van der Waals surface area contributed by atoms with E-state index in [1.165, 1.54) is 0 Å². The number of aryl methyl sites for hydroxylation is 1. The van der Waals surface area contributed by atoms with Crippen LogP contribution in [-0.4, -0.2) is 33.0 Å². The zero-order valence-electron chi connectivity index (χ0n) is 11.0. The molecule has 0 amide bonds. The van der Waals surface area contributed by atoms with Gasteiger partial charge in [0.1, 0.15) is 5.75 Å². The lowest BCUT2D eigenvalue weighted by molar-refractivity contribution is 0.181. The van der Waals surface area contributed by atoms with Gasteiger partial charge in [-0.15, -0.1) is 0 Å². The number of pyridine rings is 1. The fourth-order valence-corrected chi connectivity index (χ4v) is 1.75. The molecule has 18 heavy (non-hydrogen) atoms. The van der Waals surface area contributed by atoms with Crippen molar-refractivity contribution in [2.24, 2.45) is 0 Å². The van der Waals surface area contributed by atoms with Gasteiger partial charge in [0.05, 0.1) is 18.4 Å². The highest BCUT2D eigenvalue weighted by Crippen LogP contribution is 2.23. The Balaban J connectivity index is 2.53. The average molecular weight is 254 g/mol. The van der Waals surface area contributed by atoms with E-state index in [4.69, 9.17) is 5.11 Å². The highest BCUT2D eigenvalue weighted by atomic mass is 16.3. The molecule has 0 bridgehead atoms. The average Bonchev–Trinajstić information content (AvgIpc) is 2.33. The molecular formula is C13H22N2O3. The second-order valence-electron chi connectivity index (χ2n) is 4.52. The maximum absolute atomic E-state index is 9.90. The molecule has 0 aromatic carbocycles. The van der Waals surface area contributed by atoms with Crippen molar-refractivity contribution < 1.29 is 15.3 Å². The lowest BCUT2D eigenvalue weighted by Crippen LogP contribution is -2.17. The Kier molecular flexibility index (Phi) is 6.04. The van der Waals surface area contributed by atoms with Gasteiger partial charge in [-0.1, -0.05) is 0 Å². The van der Waals surface area contributed by atoms with E-state index >= 15 is 0 Å². The van der Waals surface area contributed by atoms with E-state index in [9.17, 15) is 10.2 Å². The topological polar surface area (TPSA) is 85.6 Å². The Morgan fingerprint density at radius 2 is 2.17 bits per heavy atom. The minimum atomic E-state index is -0.281. The molecular weight excluding hydrogens is 232 g/mol. The van der Waals surface area contributed by atoms with Crippen LogP contribution < -0.4 is 5.32 Å². The van der Waals surface area contributed by atoms with E-state index in [2.05, 4.69) is 10.3 Å². The first-order valence-corrected chi connectivity index (χ1v) is 6.22. The second kappa shape index (κ2) is 7.31. The lowest BCUT2D eigenvalue weighted by atomic mass is 10.1. The summed E-state index contributed by atoms with van der Waals surface area (Å²) >= 11 is 0. The monoisotopic (exact) mass is 254 g/mol. The highest BCUT2D eigenvalue weighted by molar-refractivity contribution is 5.40. The molecule has 5 nitrogen and oxygen atoms in total. The number of rotatable bonds is 7. The van der Waals surface area contributed by atoms with Crippen molar-refractivity contribution in [2.45, 2.75) is 45.9 Å². The van der Waals surface area contributed by atoms with Gasteiger partial charge >= 0.3 is 0 Å². The summed E-state index contributed by atoms with van der Waals surface area (Å²) in [6.07, 6.45) is 2.93. The van der Waals surface area contributed by atoms with Crippen LogP contribution in [0.3, 0.4) is 0 Å². The molecule has 0 aliphatic heterocycles. The highest BCUT2D eigenvalue weighted by Gasteiger charge is 2.10. The van der Waals surface area contributed by atoms with Crippen molar-refractivity contribution >= 4 is 0 Å². The van der Waals surface area contributed by atoms with Gasteiger partial charge in [-0.3, -0.25) is 4.98 Å². The summed E-state index contributed by atoms with van der Waals surface area (Å²) in [7, 11) is 0. The van der Waals surface area contributed by atoms with Crippen molar-refractivity contribution in [3.8, 4) is 5.75 Å². The van der Waals surface area contributed by atoms with Gasteiger partial charge in [0, 0.05) is 23.9 Å². The molecule has 0 fully saturated rings. The van der Waals surface area contributed by atoms with Gasteiger partial charge in [-0.25, -0.2) is 0 Å². The molecule has 0 saturated heterocycles. The van der Waals surface area contributed by atoms with Crippen molar-refractivity contribution in [1.29, 1.82) is 0 Å². The summed E-state index contributed by atoms with van der Waals surface area (Å²) in [5, 5.41) is 31.4. The molecule has 1 aromatic heterocycles. The normalized spacial score (nSPS) is 12.7. The van der Waals surface area contributed by atoms with Crippen LogP contribution in [0.2, 0.25) is 0 Å². The van der Waals surface area contributed by atoms with Gasteiger partial charge in [-0.05, 0) is 33.2 Å². The number of aromatic nitrogens is 1. The van der Waals surface area contributed by atoms with E-state index < -0.39 is 0 Å². The maximum Gasteiger partial charge on any atom is 0.141 e. The van der Waals surface area contributed by atoms with E-state index in [1.807, 2.05) is 0 Å². The van der Waals surface area contributed by atoms with Gasteiger partial charge < -0.3 is 20.6 Å². The van der Waals surface area contributed by atoms with Crippen LogP contribution in [0.5, 0.6) is 5.75 Å². The van der Waals surface area contributed by atoms with Crippen LogP contribution in [0.1, 0.15) is 36.6 Å². The van der Waals surface area contributed by atoms with E-state index in [0.29, 0.717) is 23.4 Å². The van der Waals surface area contributed by atoms with Crippen molar-refractivity contribution in [1.82, 2.24) is 10.3 Å². The quantitative estimate of drug-likeness (QED) is 0.542. The Morgan fingerprint density at radius 3 is 2.78 bits per heavy atom. The van der Waals surface area contributed by atoms with Crippen LogP contribution in [0.4, 0.5) is 0 Å². The molecule has 1 aromatic rings. The molecule has 1 heterocycles. The van der Waals surface area contributed by atoms with Gasteiger partial charge in [-0.2, -0.15) is 0 Å². The fraction of sp³-hybridized carbons (Fsp3) is 0.615. The summed E-state index contributed by atoms with van der Waals surface area (Å²) in [6.45, 7) is 4.61. The number of aliphatic hydroxyl groups is 2. The molecule has 1 rings (SSSR count). The summed E-state index contributed by atoms with van der Waals surface area (Å²) in [5.41, 5.74) is 1.90. The number of hydrogen-bond donors (Lipinski definition) is 4. The Hall–Kier alpha value is -1.17. The first-order chi connectivity index (χ1) is 8.56.